The smallest absolute Gasteiger partial charge is 0.328 e. The number of carbonyl (C=O) groups is 1. The molecule has 0 atom stereocenters. The molecule has 8 heteroatoms. The summed E-state index contributed by atoms with van der Waals surface area (Å²) in [5.74, 6) is 1.44. The summed E-state index contributed by atoms with van der Waals surface area (Å²) in [6.45, 7) is 6.28. The van der Waals surface area contributed by atoms with Crippen molar-refractivity contribution in [3.63, 3.8) is 0 Å². The van der Waals surface area contributed by atoms with E-state index >= 15 is 0 Å². The Morgan fingerprint density at radius 3 is 1.92 bits per heavy atom. The van der Waals surface area contributed by atoms with E-state index in [1.54, 1.807) is 7.05 Å². The molecule has 0 aliphatic rings. The quantitative estimate of drug-likeness (QED) is 0.540. The van der Waals surface area contributed by atoms with Gasteiger partial charge in [0, 0.05) is 24.7 Å². The Bertz CT molecular complexity index is 615. The number of urea groups is 1. The van der Waals surface area contributed by atoms with Crippen LogP contribution in [0, 0.1) is 19.3 Å². The van der Waals surface area contributed by atoms with Crippen LogP contribution in [-0.2, 0) is 0 Å². The molecular weight excluding hydrogens is 324 g/mol. The molecule has 140 valence electrons. The van der Waals surface area contributed by atoms with E-state index < -0.39 is 6.03 Å². The first-order valence-electron chi connectivity index (χ1n) is 8.00. The van der Waals surface area contributed by atoms with Gasteiger partial charge in [-0.2, -0.15) is 0 Å². The molecule has 0 saturated heterocycles. The molecular formula is C17H28N4O4. The number of benzene rings is 1. The molecule has 0 unspecified atom stereocenters. The van der Waals surface area contributed by atoms with Gasteiger partial charge in [0.25, 0.3) is 0 Å². The maximum Gasteiger partial charge on any atom is 0.328 e. The van der Waals surface area contributed by atoms with Crippen LogP contribution < -0.4 is 29.7 Å². The zero-order valence-corrected chi connectivity index (χ0v) is 16.0. The number of hydrogen-bond donors (Lipinski definition) is 3. The molecule has 0 bridgehead atoms. The highest BCUT2D eigenvalue weighted by atomic mass is 16.5. The fraction of sp³-hybridized carbons (Fsp3) is 0.529. The summed E-state index contributed by atoms with van der Waals surface area (Å²) in [5, 5.41) is 13.1. The molecule has 0 saturated carbocycles. The van der Waals surface area contributed by atoms with Gasteiger partial charge in [-0.1, -0.05) is 6.92 Å². The number of anilines is 1. The minimum absolute atomic E-state index is 0.0403. The first kappa shape index (κ1) is 20.4. The lowest BCUT2D eigenvalue weighted by atomic mass is 10.0. The molecule has 0 aliphatic carbocycles. The van der Waals surface area contributed by atoms with E-state index in [-0.39, 0.29) is 5.96 Å². The zero-order chi connectivity index (χ0) is 19.1. The fourth-order valence-electron chi connectivity index (χ4n) is 2.71. The lowest BCUT2D eigenvalue weighted by Crippen LogP contribution is -2.46. The lowest BCUT2D eigenvalue weighted by Gasteiger charge is -2.26. The largest absolute Gasteiger partial charge is 0.492 e. The molecule has 0 heterocycles. The Kier molecular flexibility index (Phi) is 7.35. The van der Waals surface area contributed by atoms with E-state index in [2.05, 4.69) is 10.6 Å². The summed E-state index contributed by atoms with van der Waals surface area (Å²) in [4.78, 5) is 13.9. The SMILES string of the molecule is CCCNC(=N)NC(=O)N(C)c1c(C)c(OC)c(OC)c(OC)c1C. The summed E-state index contributed by atoms with van der Waals surface area (Å²) in [7, 11) is 6.24. The summed E-state index contributed by atoms with van der Waals surface area (Å²) >= 11 is 0. The van der Waals surface area contributed by atoms with E-state index in [4.69, 9.17) is 19.6 Å². The number of nitrogens with zero attached hydrogens (tertiary/aromatic N) is 1. The number of ether oxygens (including phenoxy) is 3. The van der Waals surface area contributed by atoms with Crippen molar-refractivity contribution in [1.82, 2.24) is 10.6 Å². The monoisotopic (exact) mass is 352 g/mol. The minimum Gasteiger partial charge on any atom is -0.492 e. The van der Waals surface area contributed by atoms with Gasteiger partial charge in [-0.15, -0.1) is 0 Å². The van der Waals surface area contributed by atoms with E-state index in [9.17, 15) is 4.79 Å². The average Bonchev–Trinajstić information content (AvgIpc) is 2.59. The van der Waals surface area contributed by atoms with Crippen LogP contribution in [0.5, 0.6) is 17.2 Å². The van der Waals surface area contributed by atoms with Crippen LogP contribution in [-0.4, -0.2) is 46.9 Å². The van der Waals surface area contributed by atoms with Crippen LogP contribution >= 0.6 is 0 Å². The molecule has 1 aromatic rings. The predicted molar refractivity (Wildman–Crippen MR) is 98.5 cm³/mol. The zero-order valence-electron chi connectivity index (χ0n) is 16.0. The molecule has 0 fully saturated rings. The Hall–Kier alpha value is -2.64. The molecule has 1 rings (SSSR count). The summed E-state index contributed by atoms with van der Waals surface area (Å²) in [6, 6.07) is -0.436. The molecule has 3 N–H and O–H groups in total. The van der Waals surface area contributed by atoms with E-state index in [1.807, 2.05) is 20.8 Å². The van der Waals surface area contributed by atoms with Crippen LogP contribution in [0.4, 0.5) is 10.5 Å². The molecule has 0 aliphatic heterocycles. The number of rotatable bonds is 6. The third kappa shape index (κ3) is 4.26. The van der Waals surface area contributed by atoms with Crippen molar-refractivity contribution >= 4 is 17.7 Å². The fourth-order valence-corrected chi connectivity index (χ4v) is 2.71. The van der Waals surface area contributed by atoms with Gasteiger partial charge in [0.1, 0.15) is 0 Å². The Morgan fingerprint density at radius 1 is 1.04 bits per heavy atom. The number of nitrogens with one attached hydrogen (secondary N) is 3. The Labute approximate surface area is 148 Å². The summed E-state index contributed by atoms with van der Waals surface area (Å²) in [5.41, 5.74) is 2.11. The van der Waals surface area contributed by atoms with Crippen molar-refractivity contribution in [2.24, 2.45) is 0 Å². The van der Waals surface area contributed by atoms with Gasteiger partial charge in [-0.25, -0.2) is 4.79 Å². The number of hydrogen-bond acceptors (Lipinski definition) is 5. The van der Waals surface area contributed by atoms with Crippen LogP contribution in [0.25, 0.3) is 0 Å². The number of guanidine groups is 1. The lowest BCUT2D eigenvalue weighted by molar-refractivity contribution is 0.251. The first-order chi connectivity index (χ1) is 11.8. The standard InChI is InChI=1S/C17H28N4O4/c1-8-9-19-16(18)20-17(22)21(4)12-10(2)13(23-5)15(25-7)14(24-6)11(12)3/h8-9H2,1-7H3,(H3,18,19,20,22). The summed E-state index contributed by atoms with van der Waals surface area (Å²) in [6.07, 6.45) is 0.860. The van der Waals surface area contributed by atoms with Crippen molar-refractivity contribution in [3.05, 3.63) is 11.1 Å². The van der Waals surface area contributed by atoms with Crippen molar-refractivity contribution in [2.45, 2.75) is 27.2 Å². The molecule has 1 aromatic carbocycles. The number of amides is 2. The van der Waals surface area contributed by atoms with Crippen molar-refractivity contribution in [2.75, 3.05) is 39.8 Å². The first-order valence-corrected chi connectivity index (χ1v) is 8.00. The van der Waals surface area contributed by atoms with Crippen molar-refractivity contribution < 1.29 is 19.0 Å². The van der Waals surface area contributed by atoms with Crippen LogP contribution in [0.2, 0.25) is 0 Å². The van der Waals surface area contributed by atoms with Gasteiger partial charge in [-0.3, -0.25) is 15.6 Å². The highest BCUT2D eigenvalue weighted by Crippen LogP contribution is 2.47. The van der Waals surface area contributed by atoms with Gasteiger partial charge in [0.05, 0.1) is 27.0 Å². The van der Waals surface area contributed by atoms with E-state index in [0.29, 0.717) is 29.5 Å². The maximum absolute atomic E-state index is 12.5. The van der Waals surface area contributed by atoms with E-state index in [0.717, 1.165) is 17.5 Å². The molecule has 0 radical (unpaired) electrons. The Balaban J connectivity index is 3.27. The number of methoxy groups -OCH3 is 3. The number of carbonyl (C=O) groups excluding carboxylic acids is 1. The third-order valence-electron chi connectivity index (χ3n) is 3.84. The Morgan fingerprint density at radius 2 is 1.52 bits per heavy atom. The second kappa shape index (κ2) is 9.00. The maximum atomic E-state index is 12.5. The minimum atomic E-state index is -0.436. The topological polar surface area (TPSA) is 95.9 Å². The molecule has 0 spiro atoms. The summed E-state index contributed by atoms with van der Waals surface area (Å²) < 4.78 is 16.3. The van der Waals surface area contributed by atoms with Gasteiger partial charge in [0.2, 0.25) is 5.75 Å². The van der Waals surface area contributed by atoms with Gasteiger partial charge in [-0.05, 0) is 20.3 Å². The molecule has 8 nitrogen and oxygen atoms in total. The van der Waals surface area contributed by atoms with Crippen molar-refractivity contribution in [3.8, 4) is 17.2 Å². The van der Waals surface area contributed by atoms with Gasteiger partial charge in [0.15, 0.2) is 17.5 Å². The highest BCUT2D eigenvalue weighted by molar-refractivity contribution is 6.03. The van der Waals surface area contributed by atoms with Crippen LogP contribution in [0.1, 0.15) is 24.5 Å². The average molecular weight is 352 g/mol. The second-order valence-electron chi connectivity index (χ2n) is 5.49. The normalized spacial score (nSPS) is 10.0. The molecule has 2 amide bonds. The van der Waals surface area contributed by atoms with Gasteiger partial charge >= 0.3 is 6.03 Å². The molecule has 0 aromatic heterocycles. The molecule has 25 heavy (non-hydrogen) atoms. The van der Waals surface area contributed by atoms with Crippen LogP contribution in [0.15, 0.2) is 0 Å². The van der Waals surface area contributed by atoms with E-state index in [1.165, 1.54) is 26.2 Å². The van der Waals surface area contributed by atoms with Gasteiger partial charge < -0.3 is 19.5 Å². The third-order valence-corrected chi connectivity index (χ3v) is 3.84. The predicted octanol–water partition coefficient (Wildman–Crippen LogP) is 2.41. The second-order valence-corrected chi connectivity index (χ2v) is 5.49. The van der Waals surface area contributed by atoms with Crippen molar-refractivity contribution in [1.29, 1.82) is 5.41 Å². The highest BCUT2D eigenvalue weighted by Gasteiger charge is 2.26. The van der Waals surface area contributed by atoms with Crippen LogP contribution in [0.3, 0.4) is 0 Å².